The van der Waals surface area contributed by atoms with Crippen molar-refractivity contribution in [2.45, 2.75) is 26.4 Å². The van der Waals surface area contributed by atoms with Gasteiger partial charge in [-0.15, -0.1) is 0 Å². The molecule has 1 atom stereocenters. The molecule has 2 amide bonds. The highest BCUT2D eigenvalue weighted by molar-refractivity contribution is 6.43. The van der Waals surface area contributed by atoms with E-state index in [4.69, 9.17) is 4.74 Å². The van der Waals surface area contributed by atoms with Crippen molar-refractivity contribution in [2.75, 3.05) is 40.3 Å². The van der Waals surface area contributed by atoms with Crippen LogP contribution in [0.4, 0.5) is 9.18 Å². The number of Topliss-reactive ketones (excluding diaryl/α,β-unsaturated/α-hetero) is 1. The molecule has 1 fully saturated rings. The Morgan fingerprint density at radius 2 is 1.76 bits per heavy atom. The topological polar surface area (TPSA) is 92.2 Å². The molecule has 0 N–H and O–H groups in total. The highest BCUT2D eigenvalue weighted by Crippen LogP contribution is 2.27. The Balaban J connectivity index is 1.63. The lowest BCUT2D eigenvalue weighted by Crippen LogP contribution is -2.53. The zero-order chi connectivity index (χ0) is 27.6. The Hall–Kier alpha value is -4.05. The molecule has 0 unspecified atom stereocenters. The van der Waals surface area contributed by atoms with Crippen LogP contribution in [0.5, 0.6) is 0 Å². The average Bonchev–Trinajstić information content (AvgIpc) is 3.28. The van der Waals surface area contributed by atoms with Gasteiger partial charge in [0.1, 0.15) is 5.82 Å². The number of nitrogens with zero attached hydrogens (tertiary/aromatic N) is 4. The van der Waals surface area contributed by atoms with Crippen molar-refractivity contribution in [2.24, 2.45) is 0 Å². The molecule has 38 heavy (non-hydrogen) atoms. The molecule has 1 aliphatic rings. The summed E-state index contributed by atoms with van der Waals surface area (Å²) in [4.78, 5) is 56.5. The predicted octanol–water partition coefficient (Wildman–Crippen LogP) is 3.40. The van der Waals surface area contributed by atoms with E-state index in [-0.39, 0.29) is 35.5 Å². The molecule has 0 saturated carbocycles. The largest absolute Gasteiger partial charge is 0.449 e. The summed E-state index contributed by atoms with van der Waals surface area (Å²) in [6.45, 7) is 6.11. The summed E-state index contributed by atoms with van der Waals surface area (Å²) >= 11 is 0. The highest BCUT2D eigenvalue weighted by atomic mass is 19.1. The van der Waals surface area contributed by atoms with Crippen molar-refractivity contribution in [1.82, 2.24) is 19.3 Å². The lowest BCUT2D eigenvalue weighted by Gasteiger charge is -2.40. The predicted molar refractivity (Wildman–Crippen MR) is 140 cm³/mol. The molecule has 0 spiro atoms. The number of ether oxygens (including phenoxy) is 1. The SMILES string of the molecule is CCOC(=O)n1cc(C(=O)N2CCN(Cc3ccc(F)cc3)C[C@H]2C)c2cc(C(=O)C(=O)N(C)C)ccc21. The van der Waals surface area contributed by atoms with Gasteiger partial charge >= 0.3 is 6.09 Å². The van der Waals surface area contributed by atoms with Crippen molar-refractivity contribution in [3.8, 4) is 0 Å². The molecule has 0 radical (unpaired) electrons. The van der Waals surface area contributed by atoms with Crippen LogP contribution in [0.15, 0.2) is 48.7 Å². The molecule has 0 aliphatic carbocycles. The first kappa shape index (κ1) is 27.0. The Labute approximate surface area is 220 Å². The second-order valence-electron chi connectivity index (χ2n) is 9.58. The fraction of sp³-hybridized carbons (Fsp3) is 0.357. The minimum atomic E-state index is -0.707. The van der Waals surface area contributed by atoms with Crippen LogP contribution in [-0.2, 0) is 16.1 Å². The van der Waals surface area contributed by atoms with E-state index in [1.54, 1.807) is 30.0 Å². The van der Waals surface area contributed by atoms with Gasteiger partial charge in [-0.2, -0.15) is 0 Å². The van der Waals surface area contributed by atoms with E-state index >= 15 is 0 Å². The van der Waals surface area contributed by atoms with Crippen molar-refractivity contribution in [3.63, 3.8) is 0 Å². The normalized spacial score (nSPS) is 15.9. The van der Waals surface area contributed by atoms with Crippen molar-refractivity contribution in [1.29, 1.82) is 0 Å². The summed E-state index contributed by atoms with van der Waals surface area (Å²) in [5.41, 5.74) is 1.77. The quantitative estimate of drug-likeness (QED) is 0.364. The number of fused-ring (bicyclic) bond motifs is 1. The number of likely N-dealkylation sites (N-methyl/N-ethyl adjacent to an activating group) is 1. The number of amides is 2. The number of hydrogen-bond acceptors (Lipinski definition) is 6. The summed E-state index contributed by atoms with van der Waals surface area (Å²) < 4.78 is 19.7. The fourth-order valence-corrected chi connectivity index (χ4v) is 4.69. The van der Waals surface area contributed by atoms with Crippen LogP contribution in [0.25, 0.3) is 10.9 Å². The van der Waals surface area contributed by atoms with E-state index in [1.165, 1.54) is 54.0 Å². The van der Waals surface area contributed by atoms with Crippen LogP contribution in [0.3, 0.4) is 0 Å². The average molecular weight is 523 g/mol. The monoisotopic (exact) mass is 522 g/mol. The van der Waals surface area contributed by atoms with Crippen LogP contribution in [0.1, 0.15) is 40.1 Å². The summed E-state index contributed by atoms with van der Waals surface area (Å²) in [6, 6.07) is 10.7. The number of aromatic nitrogens is 1. The van der Waals surface area contributed by atoms with Gasteiger partial charge in [0.15, 0.2) is 0 Å². The standard InChI is InChI=1S/C28H31FN4O5/c1-5-38-28(37)33-17-23(22-14-20(8-11-24(22)33)25(34)27(36)30(3)4)26(35)32-13-12-31(15-18(32)2)16-19-6-9-21(29)10-7-19/h6-11,14,17-18H,5,12-13,15-16H2,1-4H3/t18-/m1/s1. The maximum atomic E-state index is 13.8. The van der Waals surface area contributed by atoms with E-state index in [0.29, 0.717) is 37.1 Å². The first-order chi connectivity index (χ1) is 18.1. The first-order valence-electron chi connectivity index (χ1n) is 12.5. The molecule has 1 saturated heterocycles. The van der Waals surface area contributed by atoms with Crippen LogP contribution < -0.4 is 0 Å². The third-order valence-corrected chi connectivity index (χ3v) is 6.65. The molecular weight excluding hydrogens is 491 g/mol. The number of benzene rings is 2. The van der Waals surface area contributed by atoms with Gasteiger partial charge in [0.25, 0.3) is 11.8 Å². The van der Waals surface area contributed by atoms with Gasteiger partial charge < -0.3 is 14.5 Å². The van der Waals surface area contributed by atoms with Crippen LogP contribution in [0, 0.1) is 5.82 Å². The number of carbonyl (C=O) groups excluding carboxylic acids is 4. The van der Waals surface area contributed by atoms with Gasteiger partial charge in [0, 0.05) is 63.5 Å². The first-order valence-corrected chi connectivity index (χ1v) is 12.5. The van der Waals surface area contributed by atoms with E-state index in [9.17, 15) is 23.6 Å². The molecule has 10 heteroatoms. The maximum absolute atomic E-state index is 13.8. The summed E-state index contributed by atoms with van der Waals surface area (Å²) in [5, 5.41) is 0.390. The minimum Gasteiger partial charge on any atom is -0.449 e. The molecule has 200 valence electrons. The summed E-state index contributed by atoms with van der Waals surface area (Å²) in [6.07, 6.45) is 0.794. The van der Waals surface area contributed by atoms with Gasteiger partial charge in [-0.1, -0.05) is 12.1 Å². The van der Waals surface area contributed by atoms with Gasteiger partial charge in [-0.05, 0) is 49.7 Å². The van der Waals surface area contributed by atoms with Gasteiger partial charge in [-0.25, -0.2) is 9.18 Å². The molecular formula is C28H31FN4O5. The zero-order valence-electron chi connectivity index (χ0n) is 21.9. The van der Waals surface area contributed by atoms with Gasteiger partial charge in [0.2, 0.25) is 5.78 Å². The molecule has 2 aromatic carbocycles. The molecule has 9 nitrogen and oxygen atoms in total. The lowest BCUT2D eigenvalue weighted by atomic mass is 10.0. The number of rotatable bonds is 6. The van der Waals surface area contributed by atoms with Crippen molar-refractivity contribution in [3.05, 3.63) is 71.2 Å². The summed E-state index contributed by atoms with van der Waals surface area (Å²) in [5.74, 6) is -1.96. The van der Waals surface area contributed by atoms with E-state index < -0.39 is 17.8 Å². The lowest BCUT2D eigenvalue weighted by molar-refractivity contribution is -0.124. The molecule has 0 bridgehead atoms. The maximum Gasteiger partial charge on any atom is 0.418 e. The van der Waals surface area contributed by atoms with Crippen LogP contribution in [-0.4, -0.2) is 89.3 Å². The second-order valence-corrected chi connectivity index (χ2v) is 9.58. The highest BCUT2D eigenvalue weighted by Gasteiger charge is 2.31. The van der Waals surface area contributed by atoms with Crippen LogP contribution in [0.2, 0.25) is 0 Å². The third kappa shape index (κ3) is 5.45. The number of halogens is 1. The zero-order valence-corrected chi connectivity index (χ0v) is 21.9. The molecule has 2 heterocycles. The number of carbonyl (C=O) groups is 4. The molecule has 1 aliphatic heterocycles. The molecule has 1 aromatic heterocycles. The minimum absolute atomic E-state index is 0.129. The van der Waals surface area contributed by atoms with Gasteiger partial charge in [0.05, 0.1) is 17.7 Å². The number of piperazine rings is 1. The third-order valence-electron chi connectivity index (χ3n) is 6.65. The molecule has 3 aromatic rings. The van der Waals surface area contributed by atoms with E-state index in [1.807, 2.05) is 6.92 Å². The van der Waals surface area contributed by atoms with Gasteiger partial charge in [-0.3, -0.25) is 23.9 Å². The molecule has 4 rings (SSSR count). The van der Waals surface area contributed by atoms with Crippen molar-refractivity contribution < 1.29 is 28.3 Å². The van der Waals surface area contributed by atoms with E-state index in [0.717, 1.165) is 5.56 Å². The van der Waals surface area contributed by atoms with Crippen LogP contribution >= 0.6 is 0 Å². The van der Waals surface area contributed by atoms with Crippen molar-refractivity contribution >= 4 is 34.6 Å². The number of ketones is 1. The Morgan fingerprint density at radius 1 is 1.05 bits per heavy atom. The second kappa shape index (κ2) is 11.1. The smallest absolute Gasteiger partial charge is 0.418 e. The Bertz CT molecular complexity index is 1380. The Morgan fingerprint density at radius 3 is 2.39 bits per heavy atom. The Kier molecular flexibility index (Phi) is 7.91. The van der Waals surface area contributed by atoms with E-state index in [2.05, 4.69) is 4.90 Å². The number of hydrogen-bond donors (Lipinski definition) is 0. The fourth-order valence-electron chi connectivity index (χ4n) is 4.69. The summed E-state index contributed by atoms with van der Waals surface area (Å²) in [7, 11) is 2.98.